The summed E-state index contributed by atoms with van der Waals surface area (Å²) < 4.78 is 19.7. The van der Waals surface area contributed by atoms with Gasteiger partial charge in [0.05, 0.1) is 18.2 Å². The molecule has 7 heteroatoms. The Labute approximate surface area is 157 Å². The average Bonchev–Trinajstić information content (AvgIpc) is 3.11. The first-order valence-corrected chi connectivity index (χ1v) is 8.77. The Hall–Kier alpha value is -2.98. The van der Waals surface area contributed by atoms with Crippen LogP contribution in [0.5, 0.6) is 5.88 Å². The van der Waals surface area contributed by atoms with Gasteiger partial charge in [-0.1, -0.05) is 6.07 Å². The molecule has 1 aliphatic rings. The molecule has 1 fully saturated rings. The van der Waals surface area contributed by atoms with E-state index in [1.54, 1.807) is 13.2 Å². The summed E-state index contributed by atoms with van der Waals surface area (Å²) >= 11 is 0. The van der Waals surface area contributed by atoms with Crippen molar-refractivity contribution in [1.82, 2.24) is 14.8 Å². The van der Waals surface area contributed by atoms with Gasteiger partial charge in [0.2, 0.25) is 11.8 Å². The number of hydrogen-bond acceptors (Lipinski definition) is 5. The molecule has 6 nitrogen and oxygen atoms in total. The molecule has 1 atom stereocenters. The zero-order valence-corrected chi connectivity index (χ0v) is 15.1. The molecule has 1 aromatic heterocycles. The summed E-state index contributed by atoms with van der Waals surface area (Å²) in [5.74, 6) is 0.0644. The normalized spacial score (nSPS) is 16.7. The van der Waals surface area contributed by atoms with Crippen LogP contribution in [0.3, 0.4) is 0 Å². The van der Waals surface area contributed by atoms with Gasteiger partial charge < -0.3 is 9.64 Å². The number of ether oxygens (including phenoxy) is 1. The lowest BCUT2D eigenvalue weighted by Crippen LogP contribution is -2.38. The maximum atomic E-state index is 13.9. The molecule has 1 aliphatic heterocycles. The first-order valence-electron chi connectivity index (χ1n) is 8.77. The highest BCUT2D eigenvalue weighted by Crippen LogP contribution is 2.17. The Bertz CT molecular complexity index is 838. The topological polar surface area (TPSA) is 69.5 Å². The summed E-state index contributed by atoms with van der Waals surface area (Å²) in [6, 6.07) is 11.7. The van der Waals surface area contributed by atoms with Crippen molar-refractivity contribution in [3.63, 3.8) is 0 Å². The van der Waals surface area contributed by atoms with Crippen LogP contribution in [0.15, 0.2) is 42.6 Å². The highest BCUT2D eigenvalue weighted by molar-refractivity contribution is 5.78. The molecule has 0 spiro atoms. The quantitative estimate of drug-likeness (QED) is 0.782. The Balaban J connectivity index is 1.51. The lowest BCUT2D eigenvalue weighted by molar-refractivity contribution is -0.131. The Morgan fingerprint density at radius 1 is 1.44 bits per heavy atom. The Morgan fingerprint density at radius 3 is 3.04 bits per heavy atom. The van der Waals surface area contributed by atoms with E-state index in [0.717, 1.165) is 13.0 Å². The predicted molar refractivity (Wildman–Crippen MR) is 97.3 cm³/mol. The van der Waals surface area contributed by atoms with Crippen LogP contribution in [0.25, 0.3) is 0 Å². The average molecular weight is 368 g/mol. The number of hydrogen-bond donors (Lipinski definition) is 0. The van der Waals surface area contributed by atoms with Crippen LogP contribution >= 0.6 is 0 Å². The SMILES string of the molecule is CN(Cc1cc(C#N)ccc1F)C(=O)CN1CC[C@@H](Oc2ccccn2)C1. The maximum Gasteiger partial charge on any atom is 0.236 e. The van der Waals surface area contributed by atoms with Crippen LogP contribution in [-0.2, 0) is 11.3 Å². The van der Waals surface area contributed by atoms with Crippen molar-refractivity contribution < 1.29 is 13.9 Å². The largest absolute Gasteiger partial charge is 0.473 e. The number of likely N-dealkylation sites (tertiary alicyclic amines) is 1. The molecule has 0 radical (unpaired) electrons. The lowest BCUT2D eigenvalue weighted by Gasteiger charge is -2.22. The van der Waals surface area contributed by atoms with Gasteiger partial charge in [0, 0.05) is 44.5 Å². The number of pyridine rings is 1. The number of benzene rings is 1. The van der Waals surface area contributed by atoms with Crippen molar-refractivity contribution in [2.75, 3.05) is 26.7 Å². The maximum absolute atomic E-state index is 13.9. The summed E-state index contributed by atoms with van der Waals surface area (Å²) in [4.78, 5) is 20.1. The van der Waals surface area contributed by atoms with Crippen molar-refractivity contribution in [3.8, 4) is 11.9 Å². The van der Waals surface area contributed by atoms with E-state index < -0.39 is 5.82 Å². The number of amides is 1. The molecular formula is C20H21FN4O2. The van der Waals surface area contributed by atoms with E-state index in [0.29, 0.717) is 23.6 Å². The molecule has 0 saturated carbocycles. The van der Waals surface area contributed by atoms with E-state index in [-0.39, 0.29) is 25.1 Å². The van der Waals surface area contributed by atoms with Crippen LogP contribution < -0.4 is 4.74 Å². The predicted octanol–water partition coefficient (Wildman–Crippen LogP) is 2.20. The molecule has 2 aromatic rings. The molecule has 0 aliphatic carbocycles. The lowest BCUT2D eigenvalue weighted by atomic mass is 10.1. The van der Waals surface area contributed by atoms with Gasteiger partial charge in [-0.3, -0.25) is 9.69 Å². The number of nitrogens with zero attached hydrogens (tertiary/aromatic N) is 4. The van der Waals surface area contributed by atoms with Gasteiger partial charge in [-0.2, -0.15) is 5.26 Å². The van der Waals surface area contributed by atoms with Crippen LogP contribution in [0, 0.1) is 17.1 Å². The Kier molecular flexibility index (Phi) is 5.99. The van der Waals surface area contributed by atoms with Gasteiger partial charge in [0.15, 0.2) is 0 Å². The molecule has 3 rings (SSSR count). The monoisotopic (exact) mass is 368 g/mol. The van der Waals surface area contributed by atoms with Gasteiger partial charge in [0.25, 0.3) is 0 Å². The summed E-state index contributed by atoms with van der Waals surface area (Å²) in [5, 5.41) is 8.94. The molecule has 1 aromatic carbocycles. The van der Waals surface area contributed by atoms with Crippen molar-refractivity contribution in [1.29, 1.82) is 5.26 Å². The van der Waals surface area contributed by atoms with Crippen molar-refractivity contribution in [3.05, 3.63) is 59.5 Å². The summed E-state index contributed by atoms with van der Waals surface area (Å²) in [6.07, 6.45) is 2.51. The van der Waals surface area contributed by atoms with Crippen molar-refractivity contribution in [2.45, 2.75) is 19.1 Å². The molecule has 0 unspecified atom stereocenters. The fourth-order valence-corrected chi connectivity index (χ4v) is 3.05. The van der Waals surface area contributed by atoms with E-state index in [1.807, 2.05) is 29.2 Å². The van der Waals surface area contributed by atoms with Gasteiger partial charge >= 0.3 is 0 Å². The molecule has 140 valence electrons. The van der Waals surface area contributed by atoms with Crippen molar-refractivity contribution >= 4 is 5.91 Å². The van der Waals surface area contributed by atoms with Gasteiger partial charge in [-0.05, 0) is 30.7 Å². The zero-order chi connectivity index (χ0) is 19.2. The third-order valence-corrected chi connectivity index (χ3v) is 4.52. The zero-order valence-electron chi connectivity index (χ0n) is 15.1. The second-order valence-corrected chi connectivity index (χ2v) is 6.60. The molecule has 27 heavy (non-hydrogen) atoms. The molecular weight excluding hydrogens is 347 g/mol. The van der Waals surface area contributed by atoms with Crippen molar-refractivity contribution in [2.24, 2.45) is 0 Å². The molecule has 1 amide bonds. The molecule has 1 saturated heterocycles. The number of carbonyl (C=O) groups is 1. The van der Waals surface area contributed by atoms with Crippen LogP contribution in [0.2, 0.25) is 0 Å². The summed E-state index contributed by atoms with van der Waals surface area (Å²) in [5.41, 5.74) is 0.712. The number of aromatic nitrogens is 1. The summed E-state index contributed by atoms with van der Waals surface area (Å²) in [6.45, 7) is 1.78. The van der Waals surface area contributed by atoms with E-state index in [1.165, 1.54) is 23.1 Å². The van der Waals surface area contributed by atoms with E-state index in [4.69, 9.17) is 10.00 Å². The van der Waals surface area contributed by atoms with Crippen LogP contribution in [0.1, 0.15) is 17.5 Å². The van der Waals surface area contributed by atoms with Gasteiger partial charge in [0.1, 0.15) is 11.9 Å². The second kappa shape index (κ2) is 8.60. The fourth-order valence-electron chi connectivity index (χ4n) is 3.05. The number of carbonyl (C=O) groups excluding carboxylic acids is 1. The third kappa shape index (κ3) is 5.02. The van der Waals surface area contributed by atoms with Crippen LogP contribution in [-0.4, -0.2) is 53.5 Å². The smallest absolute Gasteiger partial charge is 0.236 e. The highest BCUT2D eigenvalue weighted by Gasteiger charge is 2.26. The number of likely N-dealkylation sites (N-methyl/N-ethyl adjacent to an activating group) is 1. The third-order valence-electron chi connectivity index (χ3n) is 4.52. The first-order chi connectivity index (χ1) is 13.0. The Morgan fingerprint density at radius 2 is 2.30 bits per heavy atom. The summed E-state index contributed by atoms with van der Waals surface area (Å²) in [7, 11) is 1.64. The minimum atomic E-state index is -0.418. The van der Waals surface area contributed by atoms with E-state index in [9.17, 15) is 9.18 Å². The fraction of sp³-hybridized carbons (Fsp3) is 0.350. The molecule has 0 N–H and O–H groups in total. The van der Waals surface area contributed by atoms with Gasteiger partial charge in [-0.15, -0.1) is 0 Å². The number of nitriles is 1. The van der Waals surface area contributed by atoms with E-state index >= 15 is 0 Å². The van der Waals surface area contributed by atoms with Crippen LogP contribution in [0.4, 0.5) is 4.39 Å². The number of rotatable bonds is 6. The molecule has 0 bridgehead atoms. The second-order valence-electron chi connectivity index (χ2n) is 6.60. The standard InChI is InChI=1S/C20H21FN4O2/c1-24(12-16-10-15(11-22)5-6-18(16)21)20(26)14-25-9-7-17(13-25)27-19-4-2-3-8-23-19/h2-6,8,10,17H,7,9,12-14H2,1H3/t17-/m1/s1. The minimum Gasteiger partial charge on any atom is -0.473 e. The van der Waals surface area contributed by atoms with Gasteiger partial charge in [-0.25, -0.2) is 9.37 Å². The first kappa shape index (κ1) is 18.8. The number of halogens is 1. The minimum absolute atomic E-state index is 0.00256. The molecule has 2 heterocycles. The highest BCUT2D eigenvalue weighted by atomic mass is 19.1. The van der Waals surface area contributed by atoms with E-state index in [2.05, 4.69) is 4.98 Å².